The number of aryl methyl sites for hydroxylation is 1. The number of fused-ring (bicyclic) bond motifs is 1. The molecule has 0 bridgehead atoms. The molecule has 0 aliphatic carbocycles. The molecule has 0 amide bonds. The molecule has 9 heteroatoms. The number of aromatic nitrogens is 3. The molecule has 1 aromatic carbocycles. The first kappa shape index (κ1) is 16.8. The summed E-state index contributed by atoms with van der Waals surface area (Å²) < 4.78 is 42.5. The summed E-state index contributed by atoms with van der Waals surface area (Å²) in [5.41, 5.74) is 0.742. The lowest BCUT2D eigenvalue weighted by Gasteiger charge is -2.08. The van der Waals surface area contributed by atoms with Crippen molar-refractivity contribution >= 4 is 32.0 Å². The normalized spacial score (nSPS) is 12.2. The highest BCUT2D eigenvalue weighted by Gasteiger charge is 2.27. The number of benzene rings is 1. The van der Waals surface area contributed by atoms with Gasteiger partial charge in [0.05, 0.1) is 5.69 Å². The van der Waals surface area contributed by atoms with Gasteiger partial charge in [-0.2, -0.15) is 18.0 Å². The summed E-state index contributed by atoms with van der Waals surface area (Å²) in [6, 6.07) is 5.14. The highest BCUT2D eigenvalue weighted by Crippen LogP contribution is 2.27. The van der Waals surface area contributed by atoms with Gasteiger partial charge in [0.2, 0.25) is 9.99 Å². The molecular formula is C15H17FN4O2S2. The maximum Gasteiger partial charge on any atom is 0.281 e. The molecule has 0 unspecified atom stereocenters. The van der Waals surface area contributed by atoms with Gasteiger partial charge in [-0.3, -0.25) is 4.72 Å². The Kier molecular flexibility index (Phi) is 4.31. The first-order chi connectivity index (χ1) is 11.3. The SMILES string of the molecule is CCc1nc2sc(C(C)C)nn2c1S(=O)(=O)Nc1ccc(F)cc1. The van der Waals surface area contributed by atoms with Crippen molar-refractivity contribution in [3.05, 3.63) is 40.8 Å². The summed E-state index contributed by atoms with van der Waals surface area (Å²) in [5.74, 6) is -0.248. The number of nitrogens with one attached hydrogen (secondary N) is 1. The van der Waals surface area contributed by atoms with E-state index in [9.17, 15) is 12.8 Å². The van der Waals surface area contributed by atoms with E-state index in [1.165, 1.54) is 40.1 Å². The molecule has 0 aliphatic rings. The topological polar surface area (TPSA) is 76.4 Å². The molecule has 0 radical (unpaired) electrons. The summed E-state index contributed by atoms with van der Waals surface area (Å²) in [5, 5.41) is 5.25. The summed E-state index contributed by atoms with van der Waals surface area (Å²) in [7, 11) is -3.89. The fourth-order valence-corrected chi connectivity index (χ4v) is 4.62. The van der Waals surface area contributed by atoms with Crippen molar-refractivity contribution in [3.8, 4) is 0 Å². The fourth-order valence-electron chi connectivity index (χ4n) is 2.24. The van der Waals surface area contributed by atoms with Crippen LogP contribution in [0.2, 0.25) is 0 Å². The van der Waals surface area contributed by atoms with Gasteiger partial charge in [-0.05, 0) is 30.7 Å². The van der Waals surface area contributed by atoms with Crippen LogP contribution in [0.15, 0.2) is 29.3 Å². The molecule has 2 aromatic heterocycles. The lowest BCUT2D eigenvalue weighted by atomic mass is 10.2. The zero-order chi connectivity index (χ0) is 17.5. The van der Waals surface area contributed by atoms with E-state index in [-0.39, 0.29) is 16.6 Å². The van der Waals surface area contributed by atoms with Gasteiger partial charge >= 0.3 is 0 Å². The van der Waals surface area contributed by atoms with Crippen molar-refractivity contribution in [3.63, 3.8) is 0 Å². The van der Waals surface area contributed by atoms with Crippen molar-refractivity contribution in [2.24, 2.45) is 0 Å². The maximum atomic E-state index is 13.0. The molecule has 128 valence electrons. The molecule has 0 spiro atoms. The van der Waals surface area contributed by atoms with Crippen LogP contribution >= 0.6 is 11.3 Å². The molecule has 0 fully saturated rings. The molecule has 2 heterocycles. The Morgan fingerprint density at radius 3 is 2.54 bits per heavy atom. The third-order valence-corrected chi connectivity index (χ3v) is 6.06. The van der Waals surface area contributed by atoms with Crippen LogP contribution in [0.1, 0.15) is 37.4 Å². The molecule has 3 rings (SSSR count). The second-order valence-electron chi connectivity index (χ2n) is 5.62. The van der Waals surface area contributed by atoms with E-state index < -0.39 is 15.8 Å². The second kappa shape index (κ2) is 6.14. The van der Waals surface area contributed by atoms with Crippen LogP contribution < -0.4 is 4.72 Å². The molecule has 24 heavy (non-hydrogen) atoms. The van der Waals surface area contributed by atoms with Crippen molar-refractivity contribution < 1.29 is 12.8 Å². The molecule has 0 saturated carbocycles. The van der Waals surface area contributed by atoms with Gasteiger partial charge < -0.3 is 0 Å². The van der Waals surface area contributed by atoms with Crippen molar-refractivity contribution in [2.45, 2.75) is 38.1 Å². The van der Waals surface area contributed by atoms with E-state index >= 15 is 0 Å². The lowest BCUT2D eigenvalue weighted by molar-refractivity contribution is 0.590. The van der Waals surface area contributed by atoms with E-state index in [0.717, 1.165) is 5.01 Å². The average Bonchev–Trinajstić information content (AvgIpc) is 3.06. The summed E-state index contributed by atoms with van der Waals surface area (Å²) in [4.78, 5) is 4.95. The van der Waals surface area contributed by atoms with Crippen LogP contribution in [0.3, 0.4) is 0 Å². The van der Waals surface area contributed by atoms with Crippen LogP contribution in [-0.2, 0) is 16.4 Å². The number of hydrogen-bond donors (Lipinski definition) is 1. The van der Waals surface area contributed by atoms with Gasteiger partial charge in [-0.1, -0.05) is 32.1 Å². The number of sulfonamides is 1. The van der Waals surface area contributed by atoms with Gasteiger partial charge in [0.25, 0.3) is 10.0 Å². The summed E-state index contributed by atoms with van der Waals surface area (Å²) in [6.07, 6.45) is 0.465. The Labute approximate surface area is 143 Å². The van der Waals surface area contributed by atoms with Gasteiger partial charge in [0.15, 0.2) is 0 Å². The smallest absolute Gasteiger partial charge is 0.278 e. The Morgan fingerprint density at radius 2 is 1.96 bits per heavy atom. The van der Waals surface area contributed by atoms with E-state index in [1.54, 1.807) is 0 Å². The van der Waals surface area contributed by atoms with E-state index in [0.29, 0.717) is 17.1 Å². The third kappa shape index (κ3) is 3.01. The van der Waals surface area contributed by atoms with Gasteiger partial charge in [0.1, 0.15) is 10.8 Å². The van der Waals surface area contributed by atoms with E-state index in [4.69, 9.17) is 0 Å². The zero-order valence-electron chi connectivity index (χ0n) is 13.4. The Balaban J connectivity index is 2.09. The first-order valence-corrected chi connectivity index (χ1v) is 9.78. The van der Waals surface area contributed by atoms with Gasteiger partial charge in [-0.25, -0.2) is 9.37 Å². The van der Waals surface area contributed by atoms with Crippen molar-refractivity contribution in [1.82, 2.24) is 14.6 Å². The third-order valence-electron chi connectivity index (χ3n) is 3.43. The second-order valence-corrected chi connectivity index (χ2v) is 8.20. The van der Waals surface area contributed by atoms with Crippen molar-refractivity contribution in [1.29, 1.82) is 0 Å². The molecule has 3 aromatic rings. The Hall–Kier alpha value is -2.00. The van der Waals surface area contributed by atoms with Crippen LogP contribution in [-0.4, -0.2) is 23.0 Å². The number of imidazole rings is 1. The van der Waals surface area contributed by atoms with E-state index in [1.807, 2.05) is 20.8 Å². The molecular weight excluding hydrogens is 351 g/mol. The number of rotatable bonds is 5. The quantitative estimate of drug-likeness (QED) is 0.749. The van der Waals surface area contributed by atoms with Crippen LogP contribution in [0.4, 0.5) is 10.1 Å². The lowest BCUT2D eigenvalue weighted by Crippen LogP contribution is -2.17. The minimum atomic E-state index is -3.89. The fraction of sp³-hybridized carbons (Fsp3) is 0.333. The Morgan fingerprint density at radius 1 is 1.29 bits per heavy atom. The summed E-state index contributed by atoms with van der Waals surface area (Å²) in [6.45, 7) is 5.82. The molecule has 0 aliphatic heterocycles. The number of halogens is 1. The standard InChI is InChI=1S/C15H17FN4O2S2/c1-4-12-14(20-15(17-12)23-13(18-20)9(2)3)24(21,22)19-11-7-5-10(16)6-8-11/h5-9,19H,4H2,1-3H3. The Bertz CT molecular complexity index is 975. The van der Waals surface area contributed by atoms with E-state index in [2.05, 4.69) is 14.8 Å². The largest absolute Gasteiger partial charge is 0.281 e. The van der Waals surface area contributed by atoms with Crippen LogP contribution in [0, 0.1) is 5.82 Å². The number of nitrogens with zero attached hydrogens (tertiary/aromatic N) is 3. The minimum absolute atomic E-state index is 0.0347. The van der Waals surface area contributed by atoms with Gasteiger partial charge in [-0.15, -0.1) is 0 Å². The predicted octanol–water partition coefficient (Wildman–Crippen LogP) is 3.42. The maximum absolute atomic E-state index is 13.0. The molecule has 1 N–H and O–H groups in total. The van der Waals surface area contributed by atoms with Crippen LogP contribution in [0.5, 0.6) is 0 Å². The summed E-state index contributed by atoms with van der Waals surface area (Å²) >= 11 is 1.38. The highest BCUT2D eigenvalue weighted by atomic mass is 32.2. The number of hydrogen-bond acceptors (Lipinski definition) is 5. The average molecular weight is 368 g/mol. The predicted molar refractivity (Wildman–Crippen MR) is 91.5 cm³/mol. The molecule has 6 nitrogen and oxygen atoms in total. The van der Waals surface area contributed by atoms with Crippen LogP contribution in [0.25, 0.3) is 4.96 Å². The number of anilines is 1. The highest BCUT2D eigenvalue weighted by molar-refractivity contribution is 7.92. The molecule has 0 atom stereocenters. The molecule has 0 saturated heterocycles. The van der Waals surface area contributed by atoms with Gasteiger partial charge in [0, 0.05) is 11.6 Å². The minimum Gasteiger partial charge on any atom is -0.278 e. The monoisotopic (exact) mass is 368 g/mol. The zero-order valence-corrected chi connectivity index (χ0v) is 15.1. The van der Waals surface area contributed by atoms with Crippen molar-refractivity contribution in [2.75, 3.05) is 4.72 Å². The first-order valence-electron chi connectivity index (χ1n) is 7.48.